The molecule has 1 aliphatic carbocycles. The molecule has 0 amide bonds. The van der Waals surface area contributed by atoms with Crippen molar-refractivity contribution in [3.8, 4) is 0 Å². The van der Waals surface area contributed by atoms with E-state index in [1.165, 1.54) is 12.1 Å². The zero-order chi connectivity index (χ0) is 22.5. The van der Waals surface area contributed by atoms with E-state index in [1.54, 1.807) is 6.20 Å². The second-order valence-corrected chi connectivity index (χ2v) is 9.25. The average molecular weight is 458 g/mol. The number of pyridine rings is 1. The predicted octanol–water partition coefficient (Wildman–Crippen LogP) is 7.86. The van der Waals surface area contributed by atoms with Crippen molar-refractivity contribution in [2.24, 2.45) is 5.92 Å². The molecule has 0 saturated heterocycles. The van der Waals surface area contributed by atoms with Gasteiger partial charge in [0.15, 0.2) is 0 Å². The van der Waals surface area contributed by atoms with Crippen LogP contribution in [0.1, 0.15) is 61.4 Å². The molecule has 0 spiro atoms. The van der Waals surface area contributed by atoms with Gasteiger partial charge in [0.05, 0.1) is 22.1 Å². The minimum absolute atomic E-state index is 0.238. The molecule has 3 nitrogen and oxygen atoms in total. The fourth-order valence-electron chi connectivity index (χ4n) is 5.07. The summed E-state index contributed by atoms with van der Waals surface area (Å²) >= 11 is 6.09. The Bertz CT molecular complexity index is 1270. The molecule has 32 heavy (non-hydrogen) atoms. The molecule has 4 aromatic rings. The van der Waals surface area contributed by atoms with Gasteiger partial charge in [-0.05, 0) is 85.5 Å². The highest BCUT2D eigenvalue weighted by Crippen LogP contribution is 2.43. The molecular weight excluding hydrogens is 435 g/mol. The number of nitrogens with one attached hydrogen (secondary N) is 1. The van der Waals surface area contributed by atoms with Crippen LogP contribution in [0, 0.1) is 5.92 Å². The van der Waals surface area contributed by atoms with Crippen molar-refractivity contribution in [3.63, 3.8) is 0 Å². The van der Waals surface area contributed by atoms with Crippen LogP contribution in [-0.4, -0.2) is 15.0 Å². The molecule has 166 valence electrons. The summed E-state index contributed by atoms with van der Waals surface area (Å²) in [5.74, 6) is 1.95. The van der Waals surface area contributed by atoms with Crippen LogP contribution in [0.15, 0.2) is 48.7 Å². The third-order valence-electron chi connectivity index (χ3n) is 6.91. The highest BCUT2D eigenvalue weighted by atomic mass is 35.5. The lowest BCUT2D eigenvalue weighted by molar-refractivity contribution is -0.137. The number of benzene rings is 2. The second-order valence-electron chi connectivity index (χ2n) is 8.81. The zero-order valence-electron chi connectivity index (χ0n) is 17.6. The normalized spacial score (nSPS) is 20.7. The molecule has 1 fully saturated rings. The summed E-state index contributed by atoms with van der Waals surface area (Å²) < 4.78 is 39.8. The molecule has 1 saturated carbocycles. The van der Waals surface area contributed by atoms with Gasteiger partial charge in [0, 0.05) is 22.5 Å². The minimum atomic E-state index is -4.36. The van der Waals surface area contributed by atoms with Crippen LogP contribution in [0.4, 0.5) is 13.2 Å². The first-order valence-electron chi connectivity index (χ1n) is 10.9. The number of aromatic amines is 1. The number of alkyl halides is 3. The molecule has 2 aromatic carbocycles. The van der Waals surface area contributed by atoms with Gasteiger partial charge >= 0.3 is 6.18 Å². The molecule has 0 radical (unpaired) electrons. The van der Waals surface area contributed by atoms with E-state index in [0.717, 1.165) is 54.2 Å². The molecule has 2 aromatic heterocycles. The number of aromatic nitrogens is 3. The van der Waals surface area contributed by atoms with Gasteiger partial charge < -0.3 is 4.98 Å². The van der Waals surface area contributed by atoms with E-state index in [1.807, 2.05) is 24.3 Å². The Balaban J connectivity index is 1.35. The summed E-state index contributed by atoms with van der Waals surface area (Å²) in [6.07, 6.45) is 1.25. The SMILES string of the molecule is CC(c1nc2ccc(Cl)cc2[nH]1)C1CCC(c2ccnc3ccc(C(F)(F)F)cc23)CC1. The highest BCUT2D eigenvalue weighted by Gasteiger charge is 2.32. The largest absolute Gasteiger partial charge is 0.416 e. The first-order chi connectivity index (χ1) is 15.3. The van der Waals surface area contributed by atoms with Crippen molar-refractivity contribution in [1.29, 1.82) is 0 Å². The number of hydrogen-bond acceptors (Lipinski definition) is 2. The number of halogens is 4. The molecule has 5 rings (SSSR count). The maximum absolute atomic E-state index is 13.3. The predicted molar refractivity (Wildman–Crippen MR) is 121 cm³/mol. The average Bonchev–Trinajstić information content (AvgIpc) is 3.20. The Labute approximate surface area is 189 Å². The maximum Gasteiger partial charge on any atom is 0.416 e. The lowest BCUT2D eigenvalue weighted by Crippen LogP contribution is -2.19. The Hall–Kier alpha value is -2.60. The van der Waals surface area contributed by atoms with Gasteiger partial charge in [0.1, 0.15) is 5.82 Å². The highest BCUT2D eigenvalue weighted by molar-refractivity contribution is 6.31. The Morgan fingerprint density at radius 2 is 1.75 bits per heavy atom. The van der Waals surface area contributed by atoms with E-state index in [-0.39, 0.29) is 11.8 Å². The summed E-state index contributed by atoms with van der Waals surface area (Å²) in [6.45, 7) is 2.20. The lowest BCUT2D eigenvalue weighted by atomic mass is 9.73. The minimum Gasteiger partial charge on any atom is -0.342 e. The summed E-state index contributed by atoms with van der Waals surface area (Å²) in [5, 5.41) is 1.30. The van der Waals surface area contributed by atoms with Crippen molar-refractivity contribution in [2.75, 3.05) is 0 Å². The fraction of sp³-hybridized carbons (Fsp3) is 0.360. The van der Waals surface area contributed by atoms with Gasteiger partial charge in [-0.1, -0.05) is 18.5 Å². The first kappa shape index (κ1) is 21.3. The van der Waals surface area contributed by atoms with Crippen molar-refractivity contribution in [2.45, 2.75) is 50.6 Å². The summed E-state index contributed by atoms with van der Waals surface area (Å²) in [6, 6.07) is 11.4. The zero-order valence-corrected chi connectivity index (χ0v) is 18.3. The topological polar surface area (TPSA) is 41.6 Å². The standard InChI is InChI=1S/C25H23ClF3N3/c1-14(24-31-22-9-7-18(26)13-23(22)32-24)15-2-4-16(5-3-15)19-10-11-30-21-8-6-17(12-20(19)21)25(27,28)29/h6-16H,2-5H2,1H3,(H,31,32). The second kappa shape index (κ2) is 8.07. The number of nitrogens with zero attached hydrogens (tertiary/aromatic N) is 2. The smallest absolute Gasteiger partial charge is 0.342 e. The molecular formula is C25H23ClF3N3. The maximum atomic E-state index is 13.3. The van der Waals surface area contributed by atoms with Crippen LogP contribution < -0.4 is 0 Å². The van der Waals surface area contributed by atoms with Crippen LogP contribution >= 0.6 is 11.6 Å². The monoisotopic (exact) mass is 457 g/mol. The first-order valence-corrected chi connectivity index (χ1v) is 11.3. The Morgan fingerprint density at radius 3 is 2.50 bits per heavy atom. The van der Waals surface area contributed by atoms with E-state index < -0.39 is 11.7 Å². The molecule has 1 unspecified atom stereocenters. The van der Waals surface area contributed by atoms with Crippen LogP contribution in [-0.2, 0) is 6.18 Å². The van der Waals surface area contributed by atoms with Crippen molar-refractivity contribution >= 4 is 33.5 Å². The number of hydrogen-bond donors (Lipinski definition) is 1. The van der Waals surface area contributed by atoms with E-state index in [2.05, 4.69) is 16.9 Å². The summed E-state index contributed by atoms with van der Waals surface area (Å²) in [5.41, 5.74) is 2.83. The van der Waals surface area contributed by atoms with E-state index in [0.29, 0.717) is 21.8 Å². The number of imidazole rings is 1. The van der Waals surface area contributed by atoms with Gasteiger partial charge in [0.25, 0.3) is 0 Å². The molecule has 1 N–H and O–H groups in total. The van der Waals surface area contributed by atoms with Gasteiger partial charge in [0.2, 0.25) is 0 Å². The van der Waals surface area contributed by atoms with Crippen molar-refractivity contribution < 1.29 is 13.2 Å². The number of rotatable bonds is 3. The third kappa shape index (κ3) is 3.96. The van der Waals surface area contributed by atoms with Crippen LogP contribution in [0.25, 0.3) is 21.9 Å². The fourth-order valence-corrected chi connectivity index (χ4v) is 5.24. The van der Waals surface area contributed by atoms with E-state index in [9.17, 15) is 13.2 Å². The molecule has 0 bridgehead atoms. The van der Waals surface area contributed by atoms with E-state index in [4.69, 9.17) is 16.6 Å². The third-order valence-corrected chi connectivity index (χ3v) is 7.15. The van der Waals surface area contributed by atoms with Gasteiger partial charge in [-0.2, -0.15) is 13.2 Å². The molecule has 0 aliphatic heterocycles. The number of fused-ring (bicyclic) bond motifs is 2. The summed E-state index contributed by atoms with van der Waals surface area (Å²) in [7, 11) is 0. The van der Waals surface area contributed by atoms with Crippen molar-refractivity contribution in [3.05, 3.63) is 70.6 Å². The quantitative estimate of drug-likeness (QED) is 0.340. The Morgan fingerprint density at radius 1 is 1.00 bits per heavy atom. The van der Waals surface area contributed by atoms with Crippen LogP contribution in [0.5, 0.6) is 0 Å². The van der Waals surface area contributed by atoms with Crippen LogP contribution in [0.3, 0.4) is 0 Å². The Kier molecular flexibility index (Phi) is 5.36. The molecule has 1 aliphatic rings. The molecule has 7 heteroatoms. The van der Waals surface area contributed by atoms with E-state index >= 15 is 0 Å². The summed E-state index contributed by atoms with van der Waals surface area (Å²) in [4.78, 5) is 12.4. The molecule has 1 atom stereocenters. The number of H-pyrrole nitrogens is 1. The van der Waals surface area contributed by atoms with Gasteiger partial charge in [-0.25, -0.2) is 4.98 Å². The van der Waals surface area contributed by atoms with Gasteiger partial charge in [-0.3, -0.25) is 4.98 Å². The van der Waals surface area contributed by atoms with Gasteiger partial charge in [-0.15, -0.1) is 0 Å². The lowest BCUT2D eigenvalue weighted by Gasteiger charge is -2.32. The van der Waals surface area contributed by atoms with Crippen LogP contribution in [0.2, 0.25) is 5.02 Å². The van der Waals surface area contributed by atoms with Crippen molar-refractivity contribution in [1.82, 2.24) is 15.0 Å². The molecule has 2 heterocycles.